The quantitative estimate of drug-likeness (QED) is 0.272. The Morgan fingerprint density at radius 1 is 0.643 bits per heavy atom. The minimum Gasteiger partial charge on any atom is -0.127 e. The zero-order chi connectivity index (χ0) is 19.9. The maximum Gasteiger partial charge on any atom is 0.0774 e. The minimum atomic E-state index is 1.01. The van der Waals surface area contributed by atoms with Crippen molar-refractivity contribution in [1.82, 2.24) is 0 Å². The highest BCUT2D eigenvalue weighted by atomic mass is 32.1. The smallest absolute Gasteiger partial charge is 0.0774 e. The number of rotatable bonds is 10. The van der Waals surface area contributed by atoms with Gasteiger partial charge in [0.1, 0.15) is 0 Å². The van der Waals surface area contributed by atoms with E-state index in [-0.39, 0.29) is 0 Å². The van der Waals surface area contributed by atoms with Crippen molar-refractivity contribution < 1.29 is 0 Å². The van der Waals surface area contributed by atoms with Gasteiger partial charge in [0.2, 0.25) is 0 Å². The fourth-order valence-electron chi connectivity index (χ4n) is 2.76. The predicted molar refractivity (Wildman–Crippen MR) is 129 cm³/mol. The van der Waals surface area contributed by atoms with Crippen molar-refractivity contribution >= 4 is 34.8 Å². The molecule has 0 aliphatic rings. The van der Waals surface area contributed by atoms with Crippen LogP contribution in [-0.2, 0) is 0 Å². The van der Waals surface area contributed by atoms with Gasteiger partial charge in [0.15, 0.2) is 0 Å². The maximum atomic E-state index is 3.31. The molecule has 0 spiro atoms. The van der Waals surface area contributed by atoms with Gasteiger partial charge in [-0.2, -0.15) is 0 Å². The van der Waals surface area contributed by atoms with E-state index in [1.54, 1.807) is 22.7 Å². The van der Waals surface area contributed by atoms with Crippen molar-refractivity contribution in [2.24, 2.45) is 0 Å². The summed E-state index contributed by atoms with van der Waals surface area (Å²) in [7, 11) is 0. The van der Waals surface area contributed by atoms with Gasteiger partial charge in [-0.15, -0.1) is 22.7 Å². The summed E-state index contributed by atoms with van der Waals surface area (Å²) >= 11 is 3.53. The van der Waals surface area contributed by atoms with Crippen LogP contribution in [0.15, 0.2) is 24.3 Å². The summed E-state index contributed by atoms with van der Waals surface area (Å²) in [5.41, 5.74) is 0. The van der Waals surface area contributed by atoms with Gasteiger partial charge >= 0.3 is 0 Å². The minimum absolute atomic E-state index is 1.01. The van der Waals surface area contributed by atoms with Crippen LogP contribution in [0.3, 0.4) is 0 Å². The van der Waals surface area contributed by atoms with Crippen molar-refractivity contribution in [1.29, 1.82) is 0 Å². The van der Waals surface area contributed by atoms with E-state index in [0.717, 1.165) is 22.6 Å². The van der Waals surface area contributed by atoms with Gasteiger partial charge < -0.3 is 0 Å². The number of hydrogen-bond donors (Lipinski definition) is 0. The summed E-state index contributed by atoms with van der Waals surface area (Å²) in [4.78, 5) is 4.84. The van der Waals surface area contributed by atoms with Crippen molar-refractivity contribution in [3.63, 3.8) is 0 Å². The van der Waals surface area contributed by atoms with Gasteiger partial charge in [0, 0.05) is 22.6 Å². The second-order valence-electron chi connectivity index (χ2n) is 6.96. The van der Waals surface area contributed by atoms with Crippen LogP contribution in [0.1, 0.15) is 97.6 Å². The average Bonchev–Trinajstić information content (AvgIpc) is 3.35. The average molecular weight is 409 g/mol. The maximum absolute atomic E-state index is 3.31. The van der Waals surface area contributed by atoms with Crippen LogP contribution in [0, 0.1) is 23.7 Å². The molecule has 0 radical (unpaired) electrons. The molecule has 0 saturated carbocycles. The standard InChI is InChI=1S/C26H32S2/c1-3-5-7-9-11-13-15-23-17-19-25(27-23)21-22-26-20-18-24(28-26)16-14-12-10-8-6-4-2/h17-22H,3-12H2,1-2H3/b22-21+. The van der Waals surface area contributed by atoms with E-state index in [4.69, 9.17) is 0 Å². The third-order valence-corrected chi connectivity index (χ3v) is 6.33. The first-order valence-corrected chi connectivity index (χ1v) is 12.3. The van der Waals surface area contributed by atoms with Crippen molar-refractivity contribution in [3.05, 3.63) is 43.8 Å². The molecule has 28 heavy (non-hydrogen) atoms. The van der Waals surface area contributed by atoms with E-state index < -0.39 is 0 Å². The van der Waals surface area contributed by atoms with Gasteiger partial charge in [-0.3, -0.25) is 0 Å². The zero-order valence-corrected chi connectivity index (χ0v) is 19.0. The van der Waals surface area contributed by atoms with E-state index in [1.807, 2.05) is 0 Å². The SMILES string of the molecule is CCCCCCC#Cc1ccc(/C=C/c2ccc(C#CCCCCCC)s2)s1. The lowest BCUT2D eigenvalue weighted by Crippen LogP contribution is -1.73. The largest absolute Gasteiger partial charge is 0.127 e. The number of unbranched alkanes of at least 4 members (excludes halogenated alkanes) is 8. The van der Waals surface area contributed by atoms with Gasteiger partial charge in [0.25, 0.3) is 0 Å². The molecule has 0 aromatic carbocycles. The fraction of sp³-hybridized carbons (Fsp3) is 0.462. The Bertz CT molecular complexity index is 757. The van der Waals surface area contributed by atoms with E-state index in [0.29, 0.717) is 0 Å². The van der Waals surface area contributed by atoms with E-state index in [1.165, 1.54) is 61.1 Å². The highest BCUT2D eigenvalue weighted by Crippen LogP contribution is 2.22. The normalized spacial score (nSPS) is 10.5. The Hall–Kier alpha value is -1.74. The topological polar surface area (TPSA) is 0 Å². The number of hydrogen-bond acceptors (Lipinski definition) is 2. The molecule has 2 heteroatoms. The zero-order valence-electron chi connectivity index (χ0n) is 17.4. The van der Waals surface area contributed by atoms with Crippen LogP contribution in [0.2, 0.25) is 0 Å². The lowest BCUT2D eigenvalue weighted by Gasteiger charge is -1.91. The molecule has 0 atom stereocenters. The van der Waals surface area contributed by atoms with Crippen molar-refractivity contribution in [3.8, 4) is 23.7 Å². The number of thiophene rings is 2. The Morgan fingerprint density at radius 2 is 1.11 bits per heavy atom. The Balaban J connectivity index is 1.78. The van der Waals surface area contributed by atoms with Crippen LogP contribution >= 0.6 is 22.7 Å². The first-order chi connectivity index (χ1) is 13.8. The molecule has 2 aromatic heterocycles. The Kier molecular flexibility index (Phi) is 11.5. The van der Waals surface area contributed by atoms with Crippen LogP contribution in [-0.4, -0.2) is 0 Å². The summed E-state index contributed by atoms with van der Waals surface area (Å²) < 4.78 is 0. The molecule has 0 N–H and O–H groups in total. The second kappa shape index (κ2) is 14.3. The lowest BCUT2D eigenvalue weighted by atomic mass is 10.2. The van der Waals surface area contributed by atoms with Crippen LogP contribution in [0.5, 0.6) is 0 Å². The van der Waals surface area contributed by atoms with Crippen molar-refractivity contribution in [2.75, 3.05) is 0 Å². The summed E-state index contributed by atoms with van der Waals surface area (Å²) in [6.07, 6.45) is 16.7. The Labute approximate surface area is 180 Å². The highest BCUT2D eigenvalue weighted by molar-refractivity contribution is 7.14. The van der Waals surface area contributed by atoms with E-state index in [9.17, 15) is 0 Å². The lowest BCUT2D eigenvalue weighted by molar-refractivity contribution is 0.679. The van der Waals surface area contributed by atoms with Crippen LogP contribution in [0.25, 0.3) is 12.2 Å². The predicted octanol–water partition coefficient (Wildman–Crippen LogP) is 8.62. The third-order valence-electron chi connectivity index (χ3n) is 4.40. The molecule has 2 aromatic rings. The first kappa shape index (κ1) is 22.5. The summed E-state index contributed by atoms with van der Waals surface area (Å²) in [5, 5.41) is 0. The fourth-order valence-corrected chi connectivity index (χ4v) is 4.33. The molecule has 0 aliphatic carbocycles. The molecular weight excluding hydrogens is 376 g/mol. The molecule has 0 amide bonds. The van der Waals surface area contributed by atoms with Gasteiger partial charge in [-0.1, -0.05) is 76.1 Å². The van der Waals surface area contributed by atoms with Crippen molar-refractivity contribution in [2.45, 2.75) is 78.1 Å². The van der Waals surface area contributed by atoms with Gasteiger partial charge in [0.05, 0.1) is 9.75 Å². The summed E-state index contributed by atoms with van der Waals surface area (Å²) in [6, 6.07) is 8.58. The van der Waals surface area contributed by atoms with Crippen LogP contribution in [0.4, 0.5) is 0 Å². The van der Waals surface area contributed by atoms with Gasteiger partial charge in [-0.05, 0) is 49.3 Å². The van der Waals surface area contributed by atoms with Gasteiger partial charge in [-0.25, -0.2) is 0 Å². The molecule has 148 valence electrons. The second-order valence-corrected chi connectivity index (χ2v) is 9.19. The molecule has 0 aliphatic heterocycles. The molecule has 0 fully saturated rings. The summed E-state index contributed by atoms with van der Waals surface area (Å²) in [6.45, 7) is 4.48. The highest BCUT2D eigenvalue weighted by Gasteiger charge is 1.97. The third kappa shape index (κ3) is 9.45. The van der Waals surface area contributed by atoms with Crippen LogP contribution < -0.4 is 0 Å². The first-order valence-electron chi connectivity index (χ1n) is 10.7. The Morgan fingerprint density at radius 3 is 1.54 bits per heavy atom. The van der Waals surface area contributed by atoms with E-state index >= 15 is 0 Å². The molecule has 0 nitrogen and oxygen atoms in total. The monoisotopic (exact) mass is 408 g/mol. The molecule has 0 unspecified atom stereocenters. The van der Waals surface area contributed by atoms with E-state index in [2.05, 4.69) is 73.9 Å². The molecule has 0 bridgehead atoms. The summed E-state index contributed by atoms with van der Waals surface area (Å²) in [5.74, 6) is 13.2. The molecule has 2 rings (SSSR count). The molecule has 2 heterocycles. The molecular formula is C26H32S2. The molecule has 0 saturated heterocycles.